The van der Waals surface area contributed by atoms with Gasteiger partial charge in [0.25, 0.3) is 0 Å². The predicted molar refractivity (Wildman–Crippen MR) is 130 cm³/mol. The predicted octanol–water partition coefficient (Wildman–Crippen LogP) is 4.68. The van der Waals surface area contributed by atoms with Gasteiger partial charge in [0.2, 0.25) is 0 Å². The maximum absolute atomic E-state index is 6.16. The summed E-state index contributed by atoms with van der Waals surface area (Å²) in [5.74, 6) is 2.12. The second kappa shape index (κ2) is 11.2. The molecular formula is C26H39N3O3. The van der Waals surface area contributed by atoms with Gasteiger partial charge in [-0.1, -0.05) is 13.8 Å². The summed E-state index contributed by atoms with van der Waals surface area (Å²) in [5.41, 5.74) is 4.73. The molecule has 2 aliphatic rings. The van der Waals surface area contributed by atoms with E-state index in [1.54, 1.807) is 7.11 Å². The van der Waals surface area contributed by atoms with E-state index in [-0.39, 0.29) is 0 Å². The average molecular weight is 442 g/mol. The number of ether oxygens (including phenoxy) is 3. The van der Waals surface area contributed by atoms with E-state index in [9.17, 15) is 0 Å². The molecule has 6 heteroatoms. The molecule has 0 bridgehead atoms. The van der Waals surface area contributed by atoms with Gasteiger partial charge in [0, 0.05) is 42.5 Å². The summed E-state index contributed by atoms with van der Waals surface area (Å²) in [6.45, 7) is 10.9. The molecule has 1 aromatic heterocycles. The Morgan fingerprint density at radius 1 is 1.06 bits per heavy atom. The van der Waals surface area contributed by atoms with E-state index in [4.69, 9.17) is 19.2 Å². The highest BCUT2D eigenvalue weighted by atomic mass is 16.5. The average Bonchev–Trinajstić information content (AvgIpc) is 3.47. The van der Waals surface area contributed by atoms with E-state index in [1.165, 1.54) is 42.9 Å². The zero-order valence-corrected chi connectivity index (χ0v) is 20.0. The van der Waals surface area contributed by atoms with E-state index < -0.39 is 0 Å². The fourth-order valence-corrected chi connectivity index (χ4v) is 4.79. The van der Waals surface area contributed by atoms with Crippen LogP contribution in [0.1, 0.15) is 50.8 Å². The van der Waals surface area contributed by atoms with Crippen molar-refractivity contribution in [3.8, 4) is 11.5 Å². The van der Waals surface area contributed by atoms with Gasteiger partial charge >= 0.3 is 0 Å². The SMILES string of the molecule is COc1cc2c(NCCOCC(C)C)c3c(nc2cc1OCCCN1CCCC1)CCC3. The third-order valence-corrected chi connectivity index (χ3v) is 6.37. The number of likely N-dealkylation sites (tertiary alicyclic amines) is 1. The number of rotatable bonds is 12. The Morgan fingerprint density at radius 2 is 1.91 bits per heavy atom. The van der Waals surface area contributed by atoms with Crippen LogP contribution in [-0.2, 0) is 17.6 Å². The molecule has 1 saturated heterocycles. The molecule has 1 aromatic carbocycles. The second-order valence-electron chi connectivity index (χ2n) is 9.43. The van der Waals surface area contributed by atoms with Crippen LogP contribution < -0.4 is 14.8 Å². The molecular weight excluding hydrogens is 402 g/mol. The van der Waals surface area contributed by atoms with E-state index in [1.807, 2.05) is 0 Å². The number of nitrogens with zero attached hydrogens (tertiary/aromatic N) is 2. The number of hydrogen-bond acceptors (Lipinski definition) is 6. The molecule has 2 heterocycles. The summed E-state index contributed by atoms with van der Waals surface area (Å²) in [6.07, 6.45) is 6.97. The number of aromatic nitrogens is 1. The summed E-state index contributed by atoms with van der Waals surface area (Å²) in [5, 5.41) is 4.76. The molecule has 176 valence electrons. The van der Waals surface area contributed by atoms with Crippen LogP contribution in [0.15, 0.2) is 12.1 Å². The zero-order chi connectivity index (χ0) is 22.3. The highest BCUT2D eigenvalue weighted by molar-refractivity contribution is 5.96. The maximum atomic E-state index is 6.16. The van der Waals surface area contributed by atoms with E-state index >= 15 is 0 Å². The molecule has 2 aromatic rings. The largest absolute Gasteiger partial charge is 0.493 e. The lowest BCUT2D eigenvalue weighted by atomic mass is 10.1. The second-order valence-corrected chi connectivity index (χ2v) is 9.43. The monoisotopic (exact) mass is 441 g/mol. The summed E-state index contributed by atoms with van der Waals surface area (Å²) in [7, 11) is 1.71. The molecule has 0 saturated carbocycles. The number of nitrogens with one attached hydrogen (secondary N) is 1. The van der Waals surface area contributed by atoms with Crippen LogP contribution in [0, 0.1) is 5.92 Å². The Morgan fingerprint density at radius 3 is 2.69 bits per heavy atom. The minimum absolute atomic E-state index is 0.555. The minimum Gasteiger partial charge on any atom is -0.493 e. The zero-order valence-electron chi connectivity index (χ0n) is 20.0. The fourth-order valence-electron chi connectivity index (χ4n) is 4.79. The molecule has 1 N–H and O–H groups in total. The Kier molecular flexibility index (Phi) is 8.09. The summed E-state index contributed by atoms with van der Waals surface area (Å²) >= 11 is 0. The van der Waals surface area contributed by atoms with Gasteiger partial charge in [-0.05, 0) is 69.2 Å². The number of fused-ring (bicyclic) bond motifs is 2. The smallest absolute Gasteiger partial charge is 0.163 e. The molecule has 0 spiro atoms. The van der Waals surface area contributed by atoms with Crippen LogP contribution in [0.3, 0.4) is 0 Å². The van der Waals surface area contributed by atoms with Crippen LogP contribution >= 0.6 is 0 Å². The molecule has 1 aliphatic heterocycles. The van der Waals surface area contributed by atoms with Gasteiger partial charge in [-0.25, -0.2) is 0 Å². The van der Waals surface area contributed by atoms with Crippen molar-refractivity contribution in [3.63, 3.8) is 0 Å². The maximum Gasteiger partial charge on any atom is 0.163 e. The third-order valence-electron chi connectivity index (χ3n) is 6.37. The number of pyridine rings is 1. The van der Waals surface area contributed by atoms with Crippen molar-refractivity contribution >= 4 is 16.6 Å². The molecule has 6 nitrogen and oxygen atoms in total. The summed E-state index contributed by atoms with van der Waals surface area (Å²) in [4.78, 5) is 7.52. The lowest BCUT2D eigenvalue weighted by Crippen LogP contribution is -2.21. The highest BCUT2D eigenvalue weighted by Crippen LogP contribution is 2.39. The Bertz CT molecular complexity index is 894. The van der Waals surface area contributed by atoms with Gasteiger partial charge in [0.15, 0.2) is 11.5 Å². The van der Waals surface area contributed by atoms with Gasteiger partial charge in [-0.15, -0.1) is 0 Å². The van der Waals surface area contributed by atoms with Crippen molar-refractivity contribution in [3.05, 3.63) is 23.4 Å². The molecule has 0 radical (unpaired) electrons. The Hall–Kier alpha value is -2.05. The van der Waals surface area contributed by atoms with Crippen molar-refractivity contribution in [2.24, 2.45) is 5.92 Å². The minimum atomic E-state index is 0.555. The highest BCUT2D eigenvalue weighted by Gasteiger charge is 2.21. The van der Waals surface area contributed by atoms with Crippen LogP contribution in [0.5, 0.6) is 11.5 Å². The van der Waals surface area contributed by atoms with Gasteiger partial charge in [-0.2, -0.15) is 0 Å². The van der Waals surface area contributed by atoms with Crippen LogP contribution in [0.25, 0.3) is 10.9 Å². The molecule has 1 fully saturated rings. The quantitative estimate of drug-likeness (QED) is 0.483. The number of anilines is 1. The summed E-state index contributed by atoms with van der Waals surface area (Å²) < 4.78 is 17.6. The molecule has 4 rings (SSSR count). The molecule has 0 atom stereocenters. The normalized spacial score (nSPS) is 16.1. The number of methoxy groups -OCH3 is 1. The molecule has 32 heavy (non-hydrogen) atoms. The summed E-state index contributed by atoms with van der Waals surface area (Å²) in [6, 6.07) is 4.15. The van der Waals surface area contributed by atoms with Crippen molar-refractivity contribution in [2.45, 2.75) is 52.4 Å². The number of benzene rings is 1. The first-order chi connectivity index (χ1) is 15.7. The number of hydrogen-bond donors (Lipinski definition) is 1. The Labute approximate surface area is 192 Å². The first-order valence-corrected chi connectivity index (χ1v) is 12.4. The van der Waals surface area contributed by atoms with Crippen molar-refractivity contribution < 1.29 is 14.2 Å². The Balaban J connectivity index is 1.48. The van der Waals surface area contributed by atoms with Crippen molar-refractivity contribution in [1.82, 2.24) is 9.88 Å². The number of aryl methyl sites for hydroxylation is 1. The first kappa shape index (κ1) is 23.1. The topological polar surface area (TPSA) is 55.9 Å². The van der Waals surface area contributed by atoms with Gasteiger partial charge in [-0.3, -0.25) is 4.98 Å². The molecule has 0 amide bonds. The van der Waals surface area contributed by atoms with E-state index in [0.29, 0.717) is 19.1 Å². The molecule has 1 aliphatic carbocycles. The third kappa shape index (κ3) is 5.65. The van der Waals surface area contributed by atoms with Crippen LogP contribution in [0.2, 0.25) is 0 Å². The van der Waals surface area contributed by atoms with Gasteiger partial charge < -0.3 is 24.4 Å². The van der Waals surface area contributed by atoms with Crippen LogP contribution in [-0.4, -0.2) is 63.0 Å². The molecule has 0 unspecified atom stereocenters. The van der Waals surface area contributed by atoms with Gasteiger partial charge in [0.05, 0.1) is 25.8 Å². The lowest BCUT2D eigenvalue weighted by Gasteiger charge is -2.18. The van der Waals surface area contributed by atoms with E-state index in [2.05, 4.69) is 36.2 Å². The fraction of sp³-hybridized carbons (Fsp3) is 0.654. The van der Waals surface area contributed by atoms with E-state index in [0.717, 1.165) is 67.8 Å². The standard InChI is InChI=1S/C26H39N3O3/c1-19(2)18-31-15-10-27-26-20-8-6-9-22(20)28-23-17-25(24(30-3)16-21(23)26)32-14-7-13-29-11-4-5-12-29/h16-17,19H,4-15,18H2,1-3H3,(H,27,28). The van der Waals surface area contributed by atoms with Crippen molar-refractivity contribution in [2.75, 3.05) is 58.4 Å². The lowest BCUT2D eigenvalue weighted by molar-refractivity contribution is 0.118. The van der Waals surface area contributed by atoms with Crippen molar-refractivity contribution in [1.29, 1.82) is 0 Å². The van der Waals surface area contributed by atoms with Crippen LogP contribution in [0.4, 0.5) is 5.69 Å². The van der Waals surface area contributed by atoms with Gasteiger partial charge in [0.1, 0.15) is 0 Å². The first-order valence-electron chi connectivity index (χ1n) is 12.4.